The van der Waals surface area contributed by atoms with Crippen LogP contribution in [0.5, 0.6) is 0 Å². The van der Waals surface area contributed by atoms with Crippen LogP contribution in [0.1, 0.15) is 71.1 Å². The molecule has 1 saturated carbocycles. The highest BCUT2D eigenvalue weighted by atomic mass is 19.1. The van der Waals surface area contributed by atoms with Crippen molar-refractivity contribution in [1.82, 2.24) is 30.2 Å². The zero-order chi connectivity index (χ0) is 24.9. The molecule has 2 N–H and O–H groups in total. The van der Waals surface area contributed by atoms with E-state index in [1.165, 1.54) is 23.0 Å². The molecule has 0 spiro atoms. The van der Waals surface area contributed by atoms with Crippen molar-refractivity contribution in [3.05, 3.63) is 58.9 Å². The van der Waals surface area contributed by atoms with Crippen molar-refractivity contribution in [1.29, 1.82) is 0 Å². The van der Waals surface area contributed by atoms with Crippen molar-refractivity contribution in [3.8, 4) is 0 Å². The first-order chi connectivity index (χ1) is 16.9. The monoisotopic (exact) mass is 480 g/mol. The van der Waals surface area contributed by atoms with Crippen molar-refractivity contribution in [2.75, 3.05) is 6.54 Å². The van der Waals surface area contributed by atoms with Crippen LogP contribution in [0.3, 0.4) is 0 Å². The Morgan fingerprint density at radius 1 is 1.09 bits per heavy atom. The normalized spacial score (nSPS) is 17.8. The lowest BCUT2D eigenvalue weighted by atomic mass is 9.79. The fraction of sp³-hybridized carbons (Fsp3) is 0.440. The van der Waals surface area contributed by atoms with E-state index in [9.17, 15) is 18.8 Å². The molecule has 1 fully saturated rings. The summed E-state index contributed by atoms with van der Waals surface area (Å²) >= 11 is 0. The maximum Gasteiger partial charge on any atom is 0.270 e. The van der Waals surface area contributed by atoms with Gasteiger partial charge >= 0.3 is 0 Å². The lowest BCUT2D eigenvalue weighted by Crippen LogP contribution is -2.34. The average molecular weight is 481 g/mol. The van der Waals surface area contributed by atoms with E-state index in [1.54, 1.807) is 19.1 Å². The predicted molar refractivity (Wildman–Crippen MR) is 126 cm³/mol. The third-order valence-electron chi connectivity index (χ3n) is 6.59. The molecule has 0 unspecified atom stereocenters. The summed E-state index contributed by atoms with van der Waals surface area (Å²) in [7, 11) is 0. The van der Waals surface area contributed by atoms with Crippen LogP contribution >= 0.6 is 0 Å². The van der Waals surface area contributed by atoms with Gasteiger partial charge in [0, 0.05) is 31.5 Å². The number of amides is 2. The third-order valence-corrected chi connectivity index (χ3v) is 6.59. The second kappa shape index (κ2) is 10.7. The van der Waals surface area contributed by atoms with Crippen LogP contribution in [0.4, 0.5) is 4.39 Å². The Morgan fingerprint density at radius 2 is 1.86 bits per heavy atom. The number of hydrogen-bond donors (Lipinski definition) is 2. The summed E-state index contributed by atoms with van der Waals surface area (Å²) in [4.78, 5) is 45.9. The first kappa shape index (κ1) is 24.4. The molecule has 0 saturated heterocycles. The number of ketones is 1. The molecule has 35 heavy (non-hydrogen) atoms. The number of benzene rings is 1. The predicted octanol–water partition coefficient (Wildman–Crippen LogP) is 3.02. The van der Waals surface area contributed by atoms with Crippen molar-refractivity contribution in [2.45, 2.75) is 52.5 Å². The molecule has 3 aromatic rings. The van der Waals surface area contributed by atoms with Gasteiger partial charge in [-0.3, -0.25) is 14.4 Å². The van der Waals surface area contributed by atoms with Crippen molar-refractivity contribution in [3.63, 3.8) is 0 Å². The van der Waals surface area contributed by atoms with E-state index in [2.05, 4.69) is 25.7 Å². The van der Waals surface area contributed by atoms with Gasteiger partial charge in [0.2, 0.25) is 0 Å². The van der Waals surface area contributed by atoms with Crippen LogP contribution in [0.25, 0.3) is 5.78 Å². The van der Waals surface area contributed by atoms with Crippen LogP contribution in [0.15, 0.2) is 30.6 Å². The largest absolute Gasteiger partial charge is 0.350 e. The van der Waals surface area contributed by atoms with E-state index in [4.69, 9.17) is 0 Å². The molecule has 0 bridgehead atoms. The highest BCUT2D eigenvalue weighted by Gasteiger charge is 2.26. The molecule has 10 heteroatoms. The highest BCUT2D eigenvalue weighted by Crippen LogP contribution is 2.29. The molecule has 2 amide bonds. The molecule has 0 atom stereocenters. The summed E-state index contributed by atoms with van der Waals surface area (Å²) in [6.07, 6.45) is 5.33. The summed E-state index contributed by atoms with van der Waals surface area (Å²) < 4.78 is 14.8. The van der Waals surface area contributed by atoms with E-state index in [-0.39, 0.29) is 41.4 Å². The molecule has 2 aromatic heterocycles. The SMILES string of the molecule is CCC(=O)C1CCC(CNC(=O)c2cc(C(=O)NCc3ccc(F)c(C)c3)nc3ncnn23)CC1. The molecular formula is C25H29FN6O3. The van der Waals surface area contributed by atoms with Crippen LogP contribution in [-0.2, 0) is 11.3 Å². The molecule has 1 aliphatic rings. The molecule has 9 nitrogen and oxygen atoms in total. The van der Waals surface area contributed by atoms with Gasteiger partial charge < -0.3 is 10.6 Å². The molecule has 4 rings (SSSR count). The Kier molecular flexibility index (Phi) is 7.48. The minimum Gasteiger partial charge on any atom is -0.350 e. The van der Waals surface area contributed by atoms with Gasteiger partial charge in [0.1, 0.15) is 29.3 Å². The summed E-state index contributed by atoms with van der Waals surface area (Å²) in [6.45, 7) is 4.22. The molecule has 0 radical (unpaired) electrons. The van der Waals surface area contributed by atoms with Gasteiger partial charge in [0.15, 0.2) is 0 Å². The van der Waals surface area contributed by atoms with Gasteiger partial charge in [-0.05, 0) is 55.7 Å². The van der Waals surface area contributed by atoms with Gasteiger partial charge in [-0.2, -0.15) is 14.6 Å². The number of nitrogens with zero attached hydrogens (tertiary/aromatic N) is 4. The first-order valence-electron chi connectivity index (χ1n) is 11.9. The zero-order valence-corrected chi connectivity index (χ0v) is 19.9. The van der Waals surface area contributed by atoms with Crippen molar-refractivity contribution < 1.29 is 18.8 Å². The van der Waals surface area contributed by atoms with Crippen LogP contribution < -0.4 is 10.6 Å². The fourth-order valence-corrected chi connectivity index (χ4v) is 4.48. The number of carbonyl (C=O) groups is 3. The van der Waals surface area contributed by atoms with E-state index >= 15 is 0 Å². The minimum absolute atomic E-state index is 0.0352. The van der Waals surface area contributed by atoms with E-state index in [0.717, 1.165) is 31.2 Å². The first-order valence-corrected chi connectivity index (χ1v) is 11.9. The van der Waals surface area contributed by atoms with Crippen molar-refractivity contribution >= 4 is 23.4 Å². The maximum absolute atomic E-state index is 13.5. The number of hydrogen-bond acceptors (Lipinski definition) is 6. The number of carbonyl (C=O) groups excluding carboxylic acids is 3. The van der Waals surface area contributed by atoms with Crippen LogP contribution in [-0.4, -0.2) is 43.7 Å². The van der Waals surface area contributed by atoms with Crippen LogP contribution in [0.2, 0.25) is 0 Å². The fourth-order valence-electron chi connectivity index (χ4n) is 4.48. The minimum atomic E-state index is -0.481. The number of nitrogens with one attached hydrogen (secondary N) is 2. The number of rotatable bonds is 8. The maximum atomic E-state index is 13.5. The Bertz CT molecular complexity index is 1250. The van der Waals surface area contributed by atoms with E-state index in [1.807, 2.05) is 6.92 Å². The lowest BCUT2D eigenvalue weighted by Gasteiger charge is -2.27. The number of aromatic nitrogens is 4. The third kappa shape index (κ3) is 5.70. The topological polar surface area (TPSA) is 118 Å². The van der Waals surface area contributed by atoms with Gasteiger partial charge in [-0.1, -0.05) is 19.1 Å². The second-order valence-electron chi connectivity index (χ2n) is 9.01. The molecule has 2 heterocycles. The number of aryl methyl sites for hydroxylation is 1. The smallest absolute Gasteiger partial charge is 0.270 e. The summed E-state index contributed by atoms with van der Waals surface area (Å²) in [5, 5.41) is 9.75. The molecule has 1 aliphatic carbocycles. The summed E-state index contributed by atoms with van der Waals surface area (Å²) in [5.74, 6) is -0.269. The van der Waals surface area contributed by atoms with Gasteiger partial charge in [-0.25, -0.2) is 9.37 Å². The van der Waals surface area contributed by atoms with Gasteiger partial charge in [0.05, 0.1) is 0 Å². The summed E-state index contributed by atoms with van der Waals surface area (Å²) in [5.41, 5.74) is 1.43. The van der Waals surface area contributed by atoms with E-state index in [0.29, 0.717) is 30.2 Å². The Hall–Kier alpha value is -3.69. The highest BCUT2D eigenvalue weighted by molar-refractivity contribution is 5.98. The molecule has 184 valence electrons. The summed E-state index contributed by atoms with van der Waals surface area (Å²) in [6, 6.07) is 6.00. The number of Topliss-reactive ketones (excluding diaryl/α,β-unsaturated/α-hetero) is 1. The average Bonchev–Trinajstić information content (AvgIpc) is 3.36. The Balaban J connectivity index is 1.41. The van der Waals surface area contributed by atoms with E-state index < -0.39 is 5.91 Å². The molecule has 1 aromatic carbocycles. The van der Waals surface area contributed by atoms with Gasteiger partial charge in [-0.15, -0.1) is 0 Å². The standard InChI is InChI=1S/C25H29FN6O3/c1-3-22(33)18-7-4-16(5-8-18)12-28-24(35)21-11-20(31-25-29-14-30-32(21)25)23(34)27-13-17-6-9-19(26)15(2)10-17/h6,9-11,14,16,18H,3-5,7-8,12-13H2,1-2H3,(H,27,34)(H,28,35). The molecular weight excluding hydrogens is 451 g/mol. The van der Waals surface area contributed by atoms with Gasteiger partial charge in [0.25, 0.3) is 17.6 Å². The molecule has 0 aliphatic heterocycles. The second-order valence-corrected chi connectivity index (χ2v) is 9.01. The lowest BCUT2D eigenvalue weighted by molar-refractivity contribution is -0.123. The van der Waals surface area contributed by atoms with Crippen LogP contribution in [0, 0.1) is 24.6 Å². The Labute approximate surface area is 202 Å². The number of fused-ring (bicyclic) bond motifs is 1. The quantitative estimate of drug-likeness (QED) is 0.512. The zero-order valence-electron chi connectivity index (χ0n) is 19.9. The van der Waals surface area contributed by atoms with Crippen molar-refractivity contribution in [2.24, 2.45) is 11.8 Å². The number of halogens is 1. The Morgan fingerprint density at radius 3 is 2.57 bits per heavy atom.